The van der Waals surface area contributed by atoms with Crippen molar-refractivity contribution in [1.82, 2.24) is 0 Å². The van der Waals surface area contributed by atoms with Gasteiger partial charge in [-0.05, 0) is 34.6 Å². The van der Waals surface area contributed by atoms with Crippen molar-refractivity contribution in [3.63, 3.8) is 0 Å². The summed E-state index contributed by atoms with van der Waals surface area (Å²) in [4.78, 5) is 0. The van der Waals surface area contributed by atoms with E-state index in [4.69, 9.17) is 16.0 Å². The first-order valence-electron chi connectivity index (χ1n) is 7.74. The van der Waals surface area contributed by atoms with Gasteiger partial charge >= 0.3 is 0 Å². The Balaban J connectivity index is 2.48. The molecule has 1 heterocycles. The second-order valence-corrected chi connectivity index (χ2v) is 8.58. The molecule has 3 rings (SSSR count). The van der Waals surface area contributed by atoms with Gasteiger partial charge in [-0.3, -0.25) is 0 Å². The Morgan fingerprint density at radius 3 is 2.09 bits per heavy atom. The molecular formula is C20H23ClO. The zero-order chi connectivity index (χ0) is 16.3. The molecule has 0 amide bonds. The normalized spacial score (nSPS) is 13.2. The fourth-order valence-corrected chi connectivity index (χ4v) is 3.00. The van der Waals surface area contributed by atoms with Gasteiger partial charge in [0.2, 0.25) is 0 Å². The minimum Gasteiger partial charge on any atom is -0.456 e. The zero-order valence-corrected chi connectivity index (χ0v) is 14.9. The number of hydrogen-bond acceptors (Lipinski definition) is 1. The third kappa shape index (κ3) is 2.52. The molecule has 22 heavy (non-hydrogen) atoms. The number of rotatable bonds is 0. The van der Waals surface area contributed by atoms with E-state index < -0.39 is 0 Å². The summed E-state index contributed by atoms with van der Waals surface area (Å²) in [5.41, 5.74) is 4.56. The zero-order valence-electron chi connectivity index (χ0n) is 14.2. The van der Waals surface area contributed by atoms with E-state index in [-0.39, 0.29) is 10.8 Å². The van der Waals surface area contributed by atoms with Gasteiger partial charge in [0.15, 0.2) is 0 Å². The van der Waals surface area contributed by atoms with Crippen LogP contribution in [0.4, 0.5) is 0 Å². The molecule has 0 aliphatic rings. The third-order valence-electron chi connectivity index (χ3n) is 4.21. The predicted molar refractivity (Wildman–Crippen MR) is 96.1 cm³/mol. The van der Waals surface area contributed by atoms with E-state index in [2.05, 4.69) is 59.7 Å². The van der Waals surface area contributed by atoms with Gasteiger partial charge in [0.1, 0.15) is 11.2 Å². The van der Waals surface area contributed by atoms with Crippen LogP contribution in [0.15, 0.2) is 34.7 Å². The average Bonchev–Trinajstić information content (AvgIpc) is 2.72. The van der Waals surface area contributed by atoms with Crippen LogP contribution in [-0.2, 0) is 10.8 Å². The minimum absolute atomic E-state index is 0.0250. The summed E-state index contributed by atoms with van der Waals surface area (Å²) in [5.74, 6) is 0. The SMILES string of the molecule is CC(C)(C)c1cc(C(C)(C)C)c2oc3cc(Cl)ccc3c2c1. The molecule has 2 heteroatoms. The molecule has 0 saturated heterocycles. The van der Waals surface area contributed by atoms with E-state index in [1.165, 1.54) is 16.5 Å². The molecule has 0 N–H and O–H groups in total. The quantitative estimate of drug-likeness (QED) is 0.443. The Morgan fingerprint density at radius 2 is 1.50 bits per heavy atom. The Labute approximate surface area is 137 Å². The predicted octanol–water partition coefficient (Wildman–Crippen LogP) is 6.83. The molecule has 1 nitrogen and oxygen atoms in total. The molecule has 3 aromatic rings. The fourth-order valence-electron chi connectivity index (χ4n) is 2.84. The van der Waals surface area contributed by atoms with Crippen molar-refractivity contribution in [2.24, 2.45) is 0 Å². The monoisotopic (exact) mass is 314 g/mol. The van der Waals surface area contributed by atoms with Crippen molar-refractivity contribution < 1.29 is 4.42 Å². The van der Waals surface area contributed by atoms with Crippen LogP contribution in [0.25, 0.3) is 21.9 Å². The molecule has 0 fully saturated rings. The van der Waals surface area contributed by atoms with E-state index in [0.717, 1.165) is 16.6 Å². The first-order chi connectivity index (χ1) is 10.1. The molecule has 0 saturated carbocycles. The summed E-state index contributed by atoms with van der Waals surface area (Å²) in [6.45, 7) is 13.4. The van der Waals surface area contributed by atoms with Crippen molar-refractivity contribution in [2.75, 3.05) is 0 Å². The van der Waals surface area contributed by atoms with Crippen LogP contribution in [0.2, 0.25) is 5.02 Å². The van der Waals surface area contributed by atoms with Crippen molar-refractivity contribution in [3.8, 4) is 0 Å². The lowest BCUT2D eigenvalue weighted by Gasteiger charge is -2.25. The highest BCUT2D eigenvalue weighted by molar-refractivity contribution is 6.31. The number of hydrogen-bond donors (Lipinski definition) is 0. The smallest absolute Gasteiger partial charge is 0.139 e. The largest absolute Gasteiger partial charge is 0.456 e. The lowest BCUT2D eigenvalue weighted by molar-refractivity contribution is 0.559. The van der Waals surface area contributed by atoms with E-state index in [9.17, 15) is 0 Å². The summed E-state index contributed by atoms with van der Waals surface area (Å²) in [7, 11) is 0. The Morgan fingerprint density at radius 1 is 0.818 bits per heavy atom. The summed E-state index contributed by atoms with van der Waals surface area (Å²) in [5, 5.41) is 3.03. The molecule has 0 bridgehead atoms. The second kappa shape index (κ2) is 4.76. The average molecular weight is 315 g/mol. The van der Waals surface area contributed by atoms with Gasteiger partial charge in [-0.15, -0.1) is 0 Å². The molecule has 116 valence electrons. The Kier molecular flexibility index (Phi) is 3.34. The van der Waals surface area contributed by atoms with Crippen LogP contribution in [0.5, 0.6) is 0 Å². The van der Waals surface area contributed by atoms with Gasteiger partial charge in [-0.2, -0.15) is 0 Å². The maximum absolute atomic E-state index is 6.17. The van der Waals surface area contributed by atoms with Gasteiger partial charge in [-0.25, -0.2) is 0 Å². The second-order valence-electron chi connectivity index (χ2n) is 8.14. The molecule has 0 aliphatic carbocycles. The molecule has 0 atom stereocenters. The van der Waals surface area contributed by atoms with Gasteiger partial charge in [0.25, 0.3) is 0 Å². The number of furan rings is 1. The van der Waals surface area contributed by atoms with E-state index in [1.54, 1.807) is 0 Å². The fraction of sp³-hybridized carbons (Fsp3) is 0.400. The van der Waals surface area contributed by atoms with Crippen LogP contribution in [0.1, 0.15) is 52.7 Å². The molecule has 2 aromatic carbocycles. The van der Waals surface area contributed by atoms with Gasteiger partial charge < -0.3 is 4.42 Å². The summed E-state index contributed by atoms with van der Waals surface area (Å²) < 4.78 is 6.17. The van der Waals surface area contributed by atoms with Crippen molar-refractivity contribution in [2.45, 2.75) is 52.4 Å². The number of halogens is 1. The topological polar surface area (TPSA) is 13.1 Å². The summed E-state index contributed by atoms with van der Waals surface area (Å²) >= 11 is 6.12. The molecule has 0 spiro atoms. The van der Waals surface area contributed by atoms with Crippen molar-refractivity contribution >= 4 is 33.5 Å². The van der Waals surface area contributed by atoms with Gasteiger partial charge in [0.05, 0.1) is 0 Å². The van der Waals surface area contributed by atoms with Gasteiger partial charge in [0, 0.05) is 27.4 Å². The van der Waals surface area contributed by atoms with Crippen molar-refractivity contribution in [3.05, 3.63) is 46.5 Å². The summed E-state index contributed by atoms with van der Waals surface area (Å²) in [6, 6.07) is 10.5. The lowest BCUT2D eigenvalue weighted by atomic mass is 9.79. The van der Waals surface area contributed by atoms with E-state index in [0.29, 0.717) is 5.02 Å². The highest BCUT2D eigenvalue weighted by Gasteiger charge is 2.25. The molecular weight excluding hydrogens is 292 g/mol. The Bertz CT molecular complexity index is 857. The molecule has 1 aromatic heterocycles. The highest BCUT2D eigenvalue weighted by atomic mass is 35.5. The van der Waals surface area contributed by atoms with Crippen LogP contribution in [0.3, 0.4) is 0 Å². The first-order valence-corrected chi connectivity index (χ1v) is 8.12. The molecule has 0 unspecified atom stereocenters. The lowest BCUT2D eigenvalue weighted by Crippen LogP contribution is -2.16. The molecule has 0 aliphatic heterocycles. The van der Waals surface area contributed by atoms with Crippen LogP contribution >= 0.6 is 11.6 Å². The maximum atomic E-state index is 6.17. The Hall–Kier alpha value is -1.47. The van der Waals surface area contributed by atoms with Gasteiger partial charge in [-0.1, -0.05) is 59.2 Å². The van der Waals surface area contributed by atoms with Crippen LogP contribution in [0, 0.1) is 0 Å². The van der Waals surface area contributed by atoms with Crippen LogP contribution in [-0.4, -0.2) is 0 Å². The minimum atomic E-state index is 0.0250. The van der Waals surface area contributed by atoms with Crippen LogP contribution < -0.4 is 0 Å². The maximum Gasteiger partial charge on any atom is 0.139 e. The van der Waals surface area contributed by atoms with E-state index >= 15 is 0 Å². The summed E-state index contributed by atoms with van der Waals surface area (Å²) in [6.07, 6.45) is 0. The van der Waals surface area contributed by atoms with E-state index in [1.807, 2.05) is 12.1 Å². The standard InChI is InChI=1S/C20H23ClO/c1-19(2,3)12-9-15-14-8-7-13(21)11-17(14)22-18(15)16(10-12)20(4,5)6/h7-11H,1-6H3. The molecule has 0 radical (unpaired) electrons. The number of fused-ring (bicyclic) bond motifs is 3. The first kappa shape index (κ1) is 15.4. The van der Waals surface area contributed by atoms with Crippen molar-refractivity contribution in [1.29, 1.82) is 0 Å². The highest BCUT2D eigenvalue weighted by Crippen LogP contribution is 2.40. The third-order valence-corrected chi connectivity index (χ3v) is 4.44. The number of benzene rings is 2.